The van der Waals surface area contributed by atoms with Gasteiger partial charge >= 0.3 is 0 Å². The van der Waals surface area contributed by atoms with Crippen molar-refractivity contribution >= 4 is 17.2 Å². The lowest BCUT2D eigenvalue weighted by molar-refractivity contribution is -0.0882. The number of hydrazine groups is 1. The number of hydrogen-bond acceptors (Lipinski definition) is 5. The van der Waals surface area contributed by atoms with Gasteiger partial charge < -0.3 is 4.74 Å². The van der Waals surface area contributed by atoms with Gasteiger partial charge in [-0.2, -0.15) is 0 Å². The minimum atomic E-state index is -0.215. The van der Waals surface area contributed by atoms with Gasteiger partial charge in [-0.3, -0.25) is 15.1 Å². The molecule has 0 radical (unpaired) electrons. The highest BCUT2D eigenvalue weighted by atomic mass is 32.1. The summed E-state index contributed by atoms with van der Waals surface area (Å²) in [6.07, 6.45) is 0. The molecule has 0 aliphatic carbocycles. The molecule has 3 N–H and O–H groups in total. The molecular weight excluding hydrogens is 250 g/mol. The SMILES string of the molecule is CC1(C)CN(Cc2ccsc2C(=O)NN)CCO1. The first-order valence-corrected chi connectivity index (χ1v) is 6.83. The minimum Gasteiger partial charge on any atom is -0.373 e. The molecule has 1 aromatic rings. The highest BCUT2D eigenvalue weighted by molar-refractivity contribution is 7.12. The van der Waals surface area contributed by atoms with E-state index in [1.54, 1.807) is 0 Å². The Morgan fingerprint density at radius 2 is 2.44 bits per heavy atom. The molecule has 1 saturated heterocycles. The van der Waals surface area contributed by atoms with E-state index in [2.05, 4.69) is 24.2 Å². The topological polar surface area (TPSA) is 67.6 Å². The number of nitrogens with two attached hydrogens (primary N) is 1. The van der Waals surface area contributed by atoms with E-state index in [9.17, 15) is 4.79 Å². The van der Waals surface area contributed by atoms with Gasteiger partial charge in [-0.25, -0.2) is 5.84 Å². The van der Waals surface area contributed by atoms with Crippen LogP contribution in [0.5, 0.6) is 0 Å². The molecule has 100 valence electrons. The van der Waals surface area contributed by atoms with Crippen molar-refractivity contribution in [3.8, 4) is 0 Å². The summed E-state index contributed by atoms with van der Waals surface area (Å²) in [5.41, 5.74) is 3.10. The Morgan fingerprint density at radius 3 is 3.11 bits per heavy atom. The molecule has 6 heteroatoms. The fraction of sp³-hybridized carbons (Fsp3) is 0.583. The smallest absolute Gasteiger partial charge is 0.275 e. The van der Waals surface area contributed by atoms with Gasteiger partial charge in [-0.05, 0) is 30.9 Å². The maximum atomic E-state index is 11.6. The average molecular weight is 269 g/mol. The Labute approximate surface area is 111 Å². The van der Waals surface area contributed by atoms with Crippen LogP contribution in [0.15, 0.2) is 11.4 Å². The number of ether oxygens (including phenoxy) is 1. The van der Waals surface area contributed by atoms with Crippen molar-refractivity contribution < 1.29 is 9.53 Å². The van der Waals surface area contributed by atoms with Crippen molar-refractivity contribution in [3.63, 3.8) is 0 Å². The van der Waals surface area contributed by atoms with Crippen molar-refractivity contribution in [1.29, 1.82) is 0 Å². The Bertz CT molecular complexity index is 431. The number of amides is 1. The number of carbonyl (C=O) groups excluding carboxylic acids is 1. The van der Waals surface area contributed by atoms with Gasteiger partial charge in [0.05, 0.1) is 17.1 Å². The monoisotopic (exact) mass is 269 g/mol. The van der Waals surface area contributed by atoms with Crippen molar-refractivity contribution in [2.45, 2.75) is 26.0 Å². The number of rotatable bonds is 3. The summed E-state index contributed by atoms with van der Waals surface area (Å²) in [7, 11) is 0. The molecular formula is C12H19N3O2S. The third-order valence-electron chi connectivity index (χ3n) is 2.98. The lowest BCUT2D eigenvalue weighted by atomic mass is 10.1. The van der Waals surface area contributed by atoms with Crippen LogP contribution in [0.3, 0.4) is 0 Å². The standard InChI is InChI=1S/C12H19N3O2S/c1-12(2)8-15(4-5-17-12)7-9-3-6-18-10(9)11(16)14-13/h3,6H,4-5,7-8,13H2,1-2H3,(H,14,16). The second-order valence-electron chi connectivity index (χ2n) is 5.07. The van der Waals surface area contributed by atoms with Gasteiger partial charge in [-0.1, -0.05) is 0 Å². The summed E-state index contributed by atoms with van der Waals surface area (Å²) >= 11 is 1.42. The summed E-state index contributed by atoms with van der Waals surface area (Å²) in [6, 6.07) is 1.98. The molecule has 2 heterocycles. The molecule has 0 aromatic carbocycles. The lowest BCUT2D eigenvalue weighted by Gasteiger charge is -2.38. The Balaban J connectivity index is 2.05. The summed E-state index contributed by atoms with van der Waals surface area (Å²) in [4.78, 5) is 14.6. The van der Waals surface area contributed by atoms with E-state index in [-0.39, 0.29) is 11.5 Å². The van der Waals surface area contributed by atoms with Crippen LogP contribution < -0.4 is 11.3 Å². The zero-order valence-electron chi connectivity index (χ0n) is 10.7. The van der Waals surface area contributed by atoms with Crippen molar-refractivity contribution in [1.82, 2.24) is 10.3 Å². The fourth-order valence-corrected chi connectivity index (χ4v) is 3.03. The number of thiophene rings is 1. The molecule has 1 aliphatic rings. The predicted octanol–water partition coefficient (Wildman–Crippen LogP) is 0.962. The first-order valence-electron chi connectivity index (χ1n) is 5.95. The highest BCUT2D eigenvalue weighted by Gasteiger charge is 2.27. The van der Waals surface area contributed by atoms with E-state index in [0.29, 0.717) is 4.88 Å². The van der Waals surface area contributed by atoms with E-state index in [4.69, 9.17) is 10.6 Å². The third kappa shape index (κ3) is 3.08. The first kappa shape index (κ1) is 13.5. The van der Waals surface area contributed by atoms with E-state index < -0.39 is 0 Å². The number of hydrogen-bond donors (Lipinski definition) is 2. The summed E-state index contributed by atoms with van der Waals surface area (Å²) < 4.78 is 5.68. The Hall–Kier alpha value is -0.950. The molecule has 0 atom stereocenters. The molecule has 2 rings (SSSR count). The molecule has 1 fully saturated rings. The molecule has 1 aromatic heterocycles. The van der Waals surface area contributed by atoms with E-state index >= 15 is 0 Å². The molecule has 1 amide bonds. The number of nitrogen functional groups attached to an aromatic ring is 1. The zero-order valence-corrected chi connectivity index (χ0v) is 11.5. The Morgan fingerprint density at radius 1 is 1.67 bits per heavy atom. The summed E-state index contributed by atoms with van der Waals surface area (Å²) in [5.74, 6) is 4.97. The van der Waals surface area contributed by atoms with Crippen molar-refractivity contribution in [2.24, 2.45) is 5.84 Å². The van der Waals surface area contributed by atoms with Crippen LogP contribution in [-0.4, -0.2) is 36.1 Å². The maximum absolute atomic E-state index is 11.6. The van der Waals surface area contributed by atoms with Gasteiger partial charge in [0.15, 0.2) is 0 Å². The second-order valence-corrected chi connectivity index (χ2v) is 5.98. The van der Waals surface area contributed by atoms with Gasteiger partial charge in [0.25, 0.3) is 5.91 Å². The van der Waals surface area contributed by atoms with Crippen LogP contribution in [0, 0.1) is 0 Å². The van der Waals surface area contributed by atoms with E-state index in [0.717, 1.165) is 31.8 Å². The normalized spacial score (nSPS) is 19.7. The van der Waals surface area contributed by atoms with Gasteiger partial charge in [0.2, 0.25) is 0 Å². The second kappa shape index (κ2) is 5.36. The zero-order chi connectivity index (χ0) is 13.2. The number of nitrogens with one attached hydrogen (secondary N) is 1. The van der Waals surface area contributed by atoms with Crippen LogP contribution in [-0.2, 0) is 11.3 Å². The number of carbonyl (C=O) groups is 1. The molecule has 0 unspecified atom stereocenters. The van der Waals surface area contributed by atoms with Crippen molar-refractivity contribution in [3.05, 3.63) is 21.9 Å². The summed E-state index contributed by atoms with van der Waals surface area (Å²) in [6.45, 7) is 7.42. The quantitative estimate of drug-likeness (QED) is 0.487. The minimum absolute atomic E-state index is 0.120. The Kier molecular flexibility index (Phi) is 4.01. The predicted molar refractivity (Wildman–Crippen MR) is 71.3 cm³/mol. The van der Waals surface area contributed by atoms with Crippen LogP contribution in [0.4, 0.5) is 0 Å². The van der Waals surface area contributed by atoms with Gasteiger partial charge in [0.1, 0.15) is 0 Å². The molecule has 0 bridgehead atoms. The lowest BCUT2D eigenvalue weighted by Crippen LogP contribution is -2.47. The van der Waals surface area contributed by atoms with Crippen LogP contribution in [0.25, 0.3) is 0 Å². The van der Waals surface area contributed by atoms with E-state index in [1.807, 2.05) is 11.4 Å². The summed E-state index contributed by atoms with van der Waals surface area (Å²) in [5, 5.41) is 1.92. The molecule has 1 aliphatic heterocycles. The molecule has 0 spiro atoms. The maximum Gasteiger partial charge on any atom is 0.275 e. The average Bonchev–Trinajstić information content (AvgIpc) is 2.75. The van der Waals surface area contributed by atoms with Crippen LogP contribution in [0.1, 0.15) is 29.1 Å². The van der Waals surface area contributed by atoms with Gasteiger partial charge in [-0.15, -0.1) is 11.3 Å². The van der Waals surface area contributed by atoms with Crippen LogP contribution >= 0.6 is 11.3 Å². The third-order valence-corrected chi connectivity index (χ3v) is 3.94. The van der Waals surface area contributed by atoms with Crippen molar-refractivity contribution in [2.75, 3.05) is 19.7 Å². The van der Waals surface area contributed by atoms with Crippen LogP contribution in [0.2, 0.25) is 0 Å². The number of morpholine rings is 1. The highest BCUT2D eigenvalue weighted by Crippen LogP contribution is 2.22. The van der Waals surface area contributed by atoms with Gasteiger partial charge in [0, 0.05) is 19.6 Å². The fourth-order valence-electron chi connectivity index (χ4n) is 2.22. The molecule has 5 nitrogen and oxygen atoms in total. The molecule has 0 saturated carbocycles. The largest absolute Gasteiger partial charge is 0.373 e. The molecule has 18 heavy (non-hydrogen) atoms. The number of nitrogens with zero attached hydrogens (tertiary/aromatic N) is 1. The first-order chi connectivity index (χ1) is 8.52. The van der Waals surface area contributed by atoms with E-state index in [1.165, 1.54) is 11.3 Å².